The van der Waals surface area contributed by atoms with Gasteiger partial charge < -0.3 is 25.3 Å². The summed E-state index contributed by atoms with van der Waals surface area (Å²) in [4.78, 5) is 41.3. The predicted octanol–water partition coefficient (Wildman–Crippen LogP) is 4.37. The van der Waals surface area contributed by atoms with E-state index in [1.807, 2.05) is 58.0 Å². The number of benzene rings is 2. The summed E-state index contributed by atoms with van der Waals surface area (Å²) in [6, 6.07) is 12.5. The van der Waals surface area contributed by atoms with Gasteiger partial charge in [-0.3, -0.25) is 14.9 Å². The molecule has 3 N–H and O–H groups in total. The van der Waals surface area contributed by atoms with Crippen molar-refractivity contribution in [2.75, 3.05) is 26.2 Å². The highest BCUT2D eigenvalue weighted by Gasteiger charge is 2.40. The van der Waals surface area contributed by atoms with Gasteiger partial charge in [-0.2, -0.15) is 4.31 Å². The van der Waals surface area contributed by atoms with Crippen LogP contribution >= 0.6 is 11.3 Å². The fraction of sp³-hybridized carbons (Fsp3) is 0.471. The van der Waals surface area contributed by atoms with Crippen LogP contribution in [0.3, 0.4) is 0 Å². The van der Waals surface area contributed by atoms with Crippen LogP contribution in [0.5, 0.6) is 5.75 Å². The molecule has 3 aromatic rings. The van der Waals surface area contributed by atoms with Gasteiger partial charge in [0.15, 0.2) is 0 Å². The van der Waals surface area contributed by atoms with Crippen LogP contribution in [0.25, 0.3) is 0 Å². The number of nitrogens with one attached hydrogen (secondary N) is 1. The molecule has 13 nitrogen and oxygen atoms in total. The monoisotopic (exact) mass is 715 g/mol. The molecule has 2 aromatic carbocycles. The Hall–Kier alpha value is -4.05. The van der Waals surface area contributed by atoms with Crippen molar-refractivity contribution in [3.63, 3.8) is 0 Å². The third kappa shape index (κ3) is 9.35. The summed E-state index contributed by atoms with van der Waals surface area (Å²) in [5.74, 6) is -0.910. The molecule has 0 spiro atoms. The Labute approximate surface area is 291 Å². The summed E-state index contributed by atoms with van der Waals surface area (Å²) in [6.07, 6.45) is -1.13. The molecule has 0 unspecified atom stereocenters. The van der Waals surface area contributed by atoms with Gasteiger partial charge in [-0.1, -0.05) is 69.4 Å². The quantitative estimate of drug-likeness (QED) is 0.145. The Kier molecular flexibility index (Phi) is 12.4. The maximum Gasteiger partial charge on any atom is 0.324 e. The minimum absolute atomic E-state index is 0.0149. The Morgan fingerprint density at radius 1 is 1.06 bits per heavy atom. The second-order valence-electron chi connectivity index (χ2n) is 13.2. The van der Waals surface area contributed by atoms with Gasteiger partial charge >= 0.3 is 11.0 Å². The predicted molar refractivity (Wildman–Crippen MR) is 187 cm³/mol. The standard InChI is InChI=1S/C34H45N5O8S2/c1-22(2)18-37(49(46,47)27-11-12-29(40)24(5)15-27)20-30(41)28(16-25-9-7-6-8-10-25)35-33(42)32(23(3)4)38-14-13-36(34(38)43)19-26-17-31(39(44)45)48-21-26/h6-12,15,17,21-23,28,30,32,40-41H,13-14,16,18-20H2,1-5H3,(H,35,42)/t28-,30-,32-/m0/s1. The second kappa shape index (κ2) is 16.1. The van der Waals surface area contributed by atoms with E-state index in [9.17, 15) is 38.3 Å². The van der Waals surface area contributed by atoms with Crippen LogP contribution < -0.4 is 5.32 Å². The minimum atomic E-state index is -4.10. The number of urea groups is 1. The highest BCUT2D eigenvalue weighted by molar-refractivity contribution is 7.89. The summed E-state index contributed by atoms with van der Waals surface area (Å²) in [5.41, 5.74) is 1.84. The number of hydrogen-bond donors (Lipinski definition) is 3. The number of rotatable bonds is 16. The van der Waals surface area contributed by atoms with E-state index in [0.29, 0.717) is 17.7 Å². The largest absolute Gasteiger partial charge is 0.508 e. The Morgan fingerprint density at radius 3 is 2.35 bits per heavy atom. The number of nitrogens with zero attached hydrogens (tertiary/aromatic N) is 4. The molecule has 0 radical (unpaired) electrons. The SMILES string of the molecule is Cc1cc(S(=O)(=O)N(CC(C)C)C[C@H](O)[C@H](Cc2ccccc2)NC(=O)[C@H](C(C)C)N2CCN(Cc3csc([N+](=O)[O-])c3)C2=O)ccc1O. The molecule has 1 aliphatic heterocycles. The summed E-state index contributed by atoms with van der Waals surface area (Å²) in [7, 11) is -4.10. The lowest BCUT2D eigenvalue weighted by Crippen LogP contribution is -2.57. The molecular formula is C34H45N5O8S2. The van der Waals surface area contributed by atoms with Crippen LogP contribution in [-0.4, -0.2) is 94.0 Å². The lowest BCUT2D eigenvalue weighted by atomic mass is 9.97. The molecule has 2 heterocycles. The molecule has 0 aliphatic carbocycles. The Balaban J connectivity index is 1.57. The number of nitro groups is 1. The Morgan fingerprint density at radius 2 is 1.76 bits per heavy atom. The van der Waals surface area contributed by atoms with E-state index in [0.717, 1.165) is 16.9 Å². The lowest BCUT2D eigenvalue weighted by molar-refractivity contribution is -0.380. The van der Waals surface area contributed by atoms with E-state index in [4.69, 9.17) is 0 Å². The van der Waals surface area contributed by atoms with Gasteiger partial charge in [-0.05, 0) is 60.1 Å². The van der Waals surface area contributed by atoms with Crippen LogP contribution in [0.1, 0.15) is 44.4 Å². The first-order chi connectivity index (χ1) is 23.1. The molecule has 15 heteroatoms. The number of aromatic hydroxyl groups is 1. The number of aliphatic hydroxyl groups excluding tert-OH is 1. The molecule has 0 saturated carbocycles. The molecule has 0 bridgehead atoms. The maximum atomic E-state index is 14.1. The Bertz CT molecular complexity index is 1730. The topological polar surface area (TPSA) is 174 Å². The molecule has 1 saturated heterocycles. The number of phenols is 1. The first kappa shape index (κ1) is 37.8. The zero-order chi connectivity index (χ0) is 36.0. The van der Waals surface area contributed by atoms with Gasteiger partial charge in [0.05, 0.1) is 22.0 Å². The summed E-state index contributed by atoms with van der Waals surface area (Å²) < 4.78 is 28.9. The summed E-state index contributed by atoms with van der Waals surface area (Å²) >= 11 is 0.988. The van der Waals surface area contributed by atoms with E-state index in [1.165, 1.54) is 33.5 Å². The van der Waals surface area contributed by atoms with Gasteiger partial charge in [0, 0.05) is 44.2 Å². The highest BCUT2D eigenvalue weighted by Crippen LogP contribution is 2.27. The van der Waals surface area contributed by atoms with Crippen molar-refractivity contribution in [3.05, 3.63) is 86.8 Å². The number of aryl methyl sites for hydroxylation is 1. The molecule has 1 aromatic heterocycles. The zero-order valence-corrected chi connectivity index (χ0v) is 30.0. The molecule has 4 rings (SSSR count). The molecule has 3 amide bonds. The molecule has 266 valence electrons. The van der Waals surface area contributed by atoms with Crippen LogP contribution in [0.2, 0.25) is 0 Å². The van der Waals surface area contributed by atoms with Crippen LogP contribution in [0, 0.1) is 28.9 Å². The van der Waals surface area contributed by atoms with Gasteiger partial charge in [0.2, 0.25) is 15.9 Å². The zero-order valence-electron chi connectivity index (χ0n) is 28.4. The number of thiophene rings is 1. The first-order valence-electron chi connectivity index (χ1n) is 16.2. The average Bonchev–Trinajstić information content (AvgIpc) is 3.65. The minimum Gasteiger partial charge on any atom is -0.508 e. The normalized spacial score (nSPS) is 15.7. The number of hydrogen-bond acceptors (Lipinski definition) is 9. The number of aliphatic hydroxyl groups is 1. The van der Waals surface area contributed by atoms with Crippen molar-refractivity contribution in [1.82, 2.24) is 19.4 Å². The average molecular weight is 716 g/mol. The van der Waals surface area contributed by atoms with E-state index in [2.05, 4.69) is 5.32 Å². The van der Waals surface area contributed by atoms with Crippen molar-refractivity contribution in [2.45, 2.75) is 70.7 Å². The molecule has 1 fully saturated rings. The molecule has 1 aliphatic rings. The summed E-state index contributed by atoms with van der Waals surface area (Å²) in [5, 5.41) is 37.4. The highest BCUT2D eigenvalue weighted by atomic mass is 32.2. The number of carbonyl (C=O) groups excluding carboxylic acids is 2. The van der Waals surface area contributed by atoms with Crippen LogP contribution in [0.4, 0.5) is 9.80 Å². The van der Waals surface area contributed by atoms with Crippen LogP contribution in [0.15, 0.2) is 64.9 Å². The van der Waals surface area contributed by atoms with Gasteiger partial charge in [-0.15, -0.1) is 0 Å². The van der Waals surface area contributed by atoms with Crippen molar-refractivity contribution in [2.24, 2.45) is 11.8 Å². The smallest absolute Gasteiger partial charge is 0.324 e. The third-order valence-corrected chi connectivity index (χ3v) is 11.2. The van der Waals surface area contributed by atoms with E-state index in [1.54, 1.807) is 17.2 Å². The fourth-order valence-corrected chi connectivity index (χ4v) is 8.37. The van der Waals surface area contributed by atoms with Crippen molar-refractivity contribution in [3.8, 4) is 5.75 Å². The van der Waals surface area contributed by atoms with Gasteiger partial charge in [0.1, 0.15) is 11.8 Å². The third-order valence-electron chi connectivity index (χ3n) is 8.41. The molecule has 3 atom stereocenters. The first-order valence-corrected chi connectivity index (χ1v) is 18.5. The number of amides is 3. The number of phenolic OH excluding ortho intramolecular Hbond substituents is 1. The lowest BCUT2D eigenvalue weighted by Gasteiger charge is -2.34. The molecular weight excluding hydrogens is 671 g/mol. The number of sulfonamides is 1. The van der Waals surface area contributed by atoms with Gasteiger partial charge in [0.25, 0.3) is 0 Å². The van der Waals surface area contributed by atoms with Crippen molar-refractivity contribution >= 4 is 38.3 Å². The maximum absolute atomic E-state index is 14.1. The summed E-state index contributed by atoms with van der Waals surface area (Å²) in [6.45, 7) is 9.52. The number of carbonyl (C=O) groups is 2. The second-order valence-corrected chi connectivity index (χ2v) is 16.0. The fourth-order valence-electron chi connectivity index (χ4n) is 5.94. The van der Waals surface area contributed by atoms with Crippen LogP contribution in [-0.2, 0) is 27.8 Å². The van der Waals surface area contributed by atoms with E-state index < -0.39 is 39.0 Å². The van der Waals surface area contributed by atoms with Crippen molar-refractivity contribution < 1.29 is 33.1 Å². The van der Waals surface area contributed by atoms with Gasteiger partial charge in [-0.25, -0.2) is 13.2 Å². The molecule has 49 heavy (non-hydrogen) atoms. The van der Waals surface area contributed by atoms with E-state index in [-0.39, 0.29) is 66.1 Å². The van der Waals surface area contributed by atoms with E-state index >= 15 is 0 Å². The van der Waals surface area contributed by atoms with Crippen molar-refractivity contribution in [1.29, 1.82) is 0 Å².